The number of piperidine rings is 1. The van der Waals surface area contributed by atoms with Gasteiger partial charge in [-0.2, -0.15) is 4.31 Å². The molecule has 0 aromatic heterocycles. The number of hydrogen-bond donors (Lipinski definition) is 0. The minimum Gasteiger partial charge on any atom is -0.465 e. The zero-order valence-corrected chi connectivity index (χ0v) is 16.7. The van der Waals surface area contributed by atoms with Gasteiger partial charge in [0.15, 0.2) is 5.78 Å². The van der Waals surface area contributed by atoms with Crippen LogP contribution in [0.2, 0.25) is 0 Å². The molecule has 0 saturated carbocycles. The van der Waals surface area contributed by atoms with Gasteiger partial charge in [-0.15, -0.1) is 0 Å². The number of carbonyl (C=O) groups is 2. The highest BCUT2D eigenvalue weighted by Crippen LogP contribution is 2.28. The lowest BCUT2D eigenvalue weighted by Crippen LogP contribution is -2.40. The lowest BCUT2D eigenvalue weighted by atomic mass is 9.89. The van der Waals surface area contributed by atoms with Crippen molar-refractivity contribution < 1.29 is 22.7 Å². The molecule has 0 aliphatic carbocycles. The highest BCUT2D eigenvalue weighted by Gasteiger charge is 2.34. The van der Waals surface area contributed by atoms with Crippen LogP contribution in [0, 0.1) is 12.8 Å². The summed E-state index contributed by atoms with van der Waals surface area (Å²) in [7, 11) is -2.63. The second kappa shape index (κ2) is 8.24. The molecule has 3 rings (SSSR count). The maximum absolute atomic E-state index is 13.0. The van der Waals surface area contributed by atoms with E-state index in [1.807, 2.05) is 31.2 Å². The Hall–Kier alpha value is -2.51. The van der Waals surface area contributed by atoms with E-state index in [-0.39, 0.29) is 35.2 Å². The standard InChI is InChI=1S/C21H23NO5S/c1-15-7-9-16(10-8-15)20(23)17-11-13-22(14-12-17)28(25,26)19-6-4-3-5-18(19)21(24)27-2/h3-10,17H,11-14H2,1-2H3. The minimum atomic E-state index is -3.85. The fraction of sp³-hybridized carbons (Fsp3) is 0.333. The van der Waals surface area contributed by atoms with E-state index in [2.05, 4.69) is 0 Å². The number of aryl methyl sites for hydroxylation is 1. The number of sulfonamides is 1. The van der Waals surface area contributed by atoms with Gasteiger partial charge >= 0.3 is 5.97 Å². The summed E-state index contributed by atoms with van der Waals surface area (Å²) in [5.41, 5.74) is 1.76. The van der Waals surface area contributed by atoms with Crippen LogP contribution >= 0.6 is 0 Å². The van der Waals surface area contributed by atoms with Crippen molar-refractivity contribution in [2.45, 2.75) is 24.7 Å². The molecular formula is C21H23NO5S. The molecular weight excluding hydrogens is 378 g/mol. The number of nitrogens with zero attached hydrogens (tertiary/aromatic N) is 1. The Balaban J connectivity index is 1.75. The van der Waals surface area contributed by atoms with E-state index in [1.54, 1.807) is 12.1 Å². The zero-order valence-electron chi connectivity index (χ0n) is 15.9. The van der Waals surface area contributed by atoms with Crippen molar-refractivity contribution in [3.8, 4) is 0 Å². The van der Waals surface area contributed by atoms with E-state index in [9.17, 15) is 18.0 Å². The van der Waals surface area contributed by atoms with Crippen LogP contribution in [0.4, 0.5) is 0 Å². The Bertz CT molecular complexity index is 974. The van der Waals surface area contributed by atoms with Gasteiger partial charge in [0.2, 0.25) is 10.0 Å². The zero-order chi connectivity index (χ0) is 20.3. The number of methoxy groups -OCH3 is 1. The first-order chi connectivity index (χ1) is 13.3. The number of carbonyl (C=O) groups excluding carboxylic acids is 2. The average molecular weight is 401 g/mol. The van der Waals surface area contributed by atoms with Gasteiger partial charge in [0.1, 0.15) is 0 Å². The van der Waals surface area contributed by atoms with Crippen LogP contribution in [0.1, 0.15) is 39.1 Å². The molecule has 0 atom stereocenters. The van der Waals surface area contributed by atoms with Crippen molar-refractivity contribution in [3.05, 3.63) is 65.2 Å². The van der Waals surface area contributed by atoms with Crippen molar-refractivity contribution in [1.29, 1.82) is 0 Å². The van der Waals surface area contributed by atoms with Crippen LogP contribution in [-0.2, 0) is 14.8 Å². The fourth-order valence-corrected chi connectivity index (χ4v) is 5.07. The smallest absolute Gasteiger partial charge is 0.339 e. The van der Waals surface area contributed by atoms with E-state index >= 15 is 0 Å². The van der Waals surface area contributed by atoms with Crippen LogP contribution in [0.5, 0.6) is 0 Å². The first-order valence-electron chi connectivity index (χ1n) is 9.13. The minimum absolute atomic E-state index is 0.0165. The second-order valence-electron chi connectivity index (χ2n) is 6.90. The number of esters is 1. The summed E-state index contributed by atoms with van der Waals surface area (Å²) < 4.78 is 32.1. The van der Waals surface area contributed by atoms with Gasteiger partial charge in [-0.05, 0) is 31.9 Å². The van der Waals surface area contributed by atoms with E-state index in [4.69, 9.17) is 4.74 Å². The molecule has 1 saturated heterocycles. The molecule has 1 heterocycles. The third kappa shape index (κ3) is 4.00. The number of benzene rings is 2. The monoisotopic (exact) mass is 401 g/mol. The highest BCUT2D eigenvalue weighted by molar-refractivity contribution is 7.89. The van der Waals surface area contributed by atoms with Gasteiger partial charge in [-0.3, -0.25) is 4.79 Å². The molecule has 0 spiro atoms. The normalized spacial score (nSPS) is 15.9. The number of ketones is 1. The lowest BCUT2D eigenvalue weighted by molar-refractivity contribution is 0.0596. The van der Waals surface area contributed by atoms with Gasteiger partial charge in [0.05, 0.1) is 17.6 Å². The molecule has 2 aromatic carbocycles. The summed E-state index contributed by atoms with van der Waals surface area (Å²) in [4.78, 5) is 24.6. The summed E-state index contributed by atoms with van der Waals surface area (Å²) in [6.45, 7) is 2.43. The van der Waals surface area contributed by atoms with E-state index in [1.165, 1.54) is 23.5 Å². The highest BCUT2D eigenvalue weighted by atomic mass is 32.2. The van der Waals surface area contributed by atoms with Crippen LogP contribution in [0.15, 0.2) is 53.4 Å². The van der Waals surface area contributed by atoms with E-state index in [0.717, 1.165) is 5.56 Å². The first kappa shape index (κ1) is 20.2. The van der Waals surface area contributed by atoms with Crippen molar-refractivity contribution in [3.63, 3.8) is 0 Å². The van der Waals surface area contributed by atoms with Gasteiger partial charge in [-0.1, -0.05) is 42.0 Å². The molecule has 1 fully saturated rings. The number of hydrogen-bond acceptors (Lipinski definition) is 5. The maximum atomic E-state index is 13.0. The van der Waals surface area contributed by atoms with Gasteiger partial charge < -0.3 is 4.74 Å². The molecule has 28 heavy (non-hydrogen) atoms. The molecule has 0 amide bonds. The van der Waals surface area contributed by atoms with Crippen LogP contribution < -0.4 is 0 Å². The van der Waals surface area contributed by atoms with Crippen molar-refractivity contribution >= 4 is 21.8 Å². The quantitative estimate of drug-likeness (QED) is 0.568. The average Bonchev–Trinajstić information content (AvgIpc) is 2.73. The van der Waals surface area contributed by atoms with Gasteiger partial charge in [0, 0.05) is 24.6 Å². The Morgan fingerprint density at radius 3 is 2.21 bits per heavy atom. The van der Waals surface area contributed by atoms with Gasteiger partial charge in [0.25, 0.3) is 0 Å². The maximum Gasteiger partial charge on any atom is 0.339 e. The molecule has 0 unspecified atom stereocenters. The summed E-state index contributed by atoms with van der Waals surface area (Å²) in [5.74, 6) is -0.847. The van der Waals surface area contributed by atoms with Crippen LogP contribution in [-0.4, -0.2) is 44.7 Å². The third-order valence-electron chi connectivity index (χ3n) is 5.07. The molecule has 6 nitrogen and oxygen atoms in total. The summed E-state index contributed by atoms with van der Waals surface area (Å²) in [6.07, 6.45) is 0.901. The molecule has 2 aromatic rings. The van der Waals surface area contributed by atoms with Crippen molar-refractivity contribution in [2.75, 3.05) is 20.2 Å². The molecule has 148 valence electrons. The number of Topliss-reactive ketones (excluding diaryl/α,β-unsaturated/α-hetero) is 1. The predicted molar refractivity (Wildman–Crippen MR) is 105 cm³/mol. The number of ether oxygens (including phenoxy) is 1. The largest absolute Gasteiger partial charge is 0.465 e. The Morgan fingerprint density at radius 1 is 1.00 bits per heavy atom. The molecule has 0 radical (unpaired) electrons. The van der Waals surface area contributed by atoms with E-state index < -0.39 is 16.0 Å². The van der Waals surface area contributed by atoms with Crippen LogP contribution in [0.25, 0.3) is 0 Å². The summed E-state index contributed by atoms with van der Waals surface area (Å²) >= 11 is 0. The van der Waals surface area contributed by atoms with E-state index in [0.29, 0.717) is 18.4 Å². The first-order valence-corrected chi connectivity index (χ1v) is 10.6. The Morgan fingerprint density at radius 2 is 1.61 bits per heavy atom. The Labute approximate surface area is 165 Å². The number of rotatable bonds is 5. The lowest BCUT2D eigenvalue weighted by Gasteiger charge is -2.31. The molecule has 7 heteroatoms. The summed E-state index contributed by atoms with van der Waals surface area (Å²) in [5, 5.41) is 0. The molecule has 1 aliphatic rings. The predicted octanol–water partition coefficient (Wildman–Crippen LogP) is 3.07. The topological polar surface area (TPSA) is 80.8 Å². The Kier molecular flexibility index (Phi) is 5.96. The van der Waals surface area contributed by atoms with Crippen molar-refractivity contribution in [1.82, 2.24) is 4.31 Å². The fourth-order valence-electron chi connectivity index (χ4n) is 3.42. The second-order valence-corrected chi connectivity index (χ2v) is 8.80. The molecule has 1 aliphatic heterocycles. The molecule has 0 N–H and O–H groups in total. The summed E-state index contributed by atoms with van der Waals surface area (Å²) in [6, 6.07) is 13.4. The van der Waals surface area contributed by atoms with Crippen LogP contribution in [0.3, 0.4) is 0 Å². The van der Waals surface area contributed by atoms with Crippen molar-refractivity contribution in [2.24, 2.45) is 5.92 Å². The SMILES string of the molecule is COC(=O)c1ccccc1S(=O)(=O)N1CCC(C(=O)c2ccc(C)cc2)CC1. The third-order valence-corrected chi connectivity index (χ3v) is 7.03. The van der Waals surface area contributed by atoms with Gasteiger partial charge in [-0.25, -0.2) is 13.2 Å². The molecule has 0 bridgehead atoms.